The van der Waals surface area contributed by atoms with Gasteiger partial charge in [-0.2, -0.15) is 4.98 Å². The highest BCUT2D eigenvalue weighted by atomic mass is 32.1. The summed E-state index contributed by atoms with van der Waals surface area (Å²) >= 11 is 1.35. The summed E-state index contributed by atoms with van der Waals surface area (Å²) in [6.45, 7) is 4.67. The molecule has 0 aliphatic rings. The van der Waals surface area contributed by atoms with E-state index in [2.05, 4.69) is 38.7 Å². The Morgan fingerprint density at radius 1 is 1.40 bits per heavy atom. The molecule has 0 aromatic carbocycles. The highest BCUT2D eigenvalue weighted by Gasteiger charge is 2.13. The topological polar surface area (TPSA) is 66.8 Å². The van der Waals surface area contributed by atoms with Crippen LogP contribution in [0.5, 0.6) is 0 Å². The normalized spacial score (nSPS) is 10.9. The van der Waals surface area contributed by atoms with Crippen molar-refractivity contribution in [2.24, 2.45) is 0 Å². The number of anilines is 2. The smallest absolute Gasteiger partial charge is 0.225 e. The van der Waals surface area contributed by atoms with Gasteiger partial charge in [0, 0.05) is 14.1 Å². The quantitative estimate of drug-likeness (QED) is 0.913. The lowest BCUT2D eigenvalue weighted by Gasteiger charge is -2.13. The monoisotopic (exact) mass is 296 g/mol. The average Bonchev–Trinajstić information content (AvgIpc) is 2.86. The van der Waals surface area contributed by atoms with Crippen LogP contribution in [0.3, 0.4) is 0 Å². The van der Waals surface area contributed by atoms with Crippen molar-refractivity contribution in [1.82, 2.24) is 19.6 Å². The molecular formula is C12H17FN6S. The number of halogens is 1. The van der Waals surface area contributed by atoms with Crippen LogP contribution in [0.1, 0.15) is 30.3 Å². The summed E-state index contributed by atoms with van der Waals surface area (Å²) in [6, 6.07) is 0. The number of nitrogens with zero attached hydrogens (tertiary/aromatic N) is 5. The summed E-state index contributed by atoms with van der Waals surface area (Å²) < 4.78 is 17.4. The molecule has 0 atom stereocenters. The third kappa shape index (κ3) is 3.19. The number of rotatable bonds is 5. The minimum absolute atomic E-state index is 0.258. The Bertz CT molecular complexity index is 583. The van der Waals surface area contributed by atoms with Crippen molar-refractivity contribution in [3.8, 4) is 0 Å². The molecule has 2 aromatic rings. The Morgan fingerprint density at radius 3 is 2.80 bits per heavy atom. The van der Waals surface area contributed by atoms with Gasteiger partial charge in [-0.25, -0.2) is 9.37 Å². The van der Waals surface area contributed by atoms with E-state index in [9.17, 15) is 4.39 Å². The van der Waals surface area contributed by atoms with Crippen LogP contribution < -0.4 is 10.2 Å². The molecule has 0 bridgehead atoms. The van der Waals surface area contributed by atoms with Crippen LogP contribution in [0.15, 0.2) is 6.20 Å². The highest BCUT2D eigenvalue weighted by Crippen LogP contribution is 2.21. The molecule has 2 aromatic heterocycles. The standard InChI is InChI=1S/C12H17FN6S/c1-7(2)10-9(20-18-17-10)6-15-12-14-5-8(13)11(16-12)19(3)4/h5,7H,6H2,1-4H3,(H,14,15,16). The third-order valence-electron chi connectivity index (χ3n) is 2.69. The highest BCUT2D eigenvalue weighted by molar-refractivity contribution is 7.05. The van der Waals surface area contributed by atoms with E-state index in [1.807, 2.05) is 0 Å². The molecule has 20 heavy (non-hydrogen) atoms. The predicted molar refractivity (Wildman–Crippen MR) is 77.6 cm³/mol. The molecule has 1 N–H and O–H groups in total. The van der Waals surface area contributed by atoms with Crippen molar-refractivity contribution in [2.75, 3.05) is 24.3 Å². The summed E-state index contributed by atoms with van der Waals surface area (Å²) in [7, 11) is 3.47. The number of nitrogens with one attached hydrogen (secondary N) is 1. The van der Waals surface area contributed by atoms with Gasteiger partial charge < -0.3 is 10.2 Å². The molecule has 0 spiro atoms. The Kier molecular flexibility index (Phi) is 4.43. The molecule has 0 saturated carbocycles. The maximum absolute atomic E-state index is 13.5. The first-order chi connectivity index (χ1) is 9.49. The molecule has 0 amide bonds. The van der Waals surface area contributed by atoms with E-state index in [0.29, 0.717) is 18.4 Å². The Labute approximate surface area is 121 Å². The SMILES string of the molecule is CC(C)c1nnsc1CNc1ncc(F)c(N(C)C)n1. The van der Waals surface area contributed by atoms with Gasteiger partial charge >= 0.3 is 0 Å². The molecule has 0 radical (unpaired) electrons. The molecule has 0 fully saturated rings. The lowest BCUT2D eigenvalue weighted by molar-refractivity contribution is 0.612. The molecule has 0 saturated heterocycles. The van der Waals surface area contributed by atoms with Crippen molar-refractivity contribution in [3.63, 3.8) is 0 Å². The molecular weight excluding hydrogens is 279 g/mol. The van der Waals surface area contributed by atoms with Gasteiger partial charge in [0.2, 0.25) is 5.95 Å². The van der Waals surface area contributed by atoms with Crippen LogP contribution >= 0.6 is 11.5 Å². The van der Waals surface area contributed by atoms with Crippen LogP contribution in [0.4, 0.5) is 16.2 Å². The first-order valence-corrected chi connectivity index (χ1v) is 7.01. The van der Waals surface area contributed by atoms with E-state index >= 15 is 0 Å². The van der Waals surface area contributed by atoms with Gasteiger partial charge in [-0.1, -0.05) is 18.3 Å². The first-order valence-electron chi connectivity index (χ1n) is 6.24. The van der Waals surface area contributed by atoms with Gasteiger partial charge in [0.15, 0.2) is 11.6 Å². The molecule has 108 valence electrons. The van der Waals surface area contributed by atoms with E-state index in [4.69, 9.17) is 0 Å². The summed E-state index contributed by atoms with van der Waals surface area (Å²) in [5, 5.41) is 7.19. The summed E-state index contributed by atoms with van der Waals surface area (Å²) in [6.07, 6.45) is 1.17. The number of aromatic nitrogens is 4. The zero-order valence-electron chi connectivity index (χ0n) is 11.9. The van der Waals surface area contributed by atoms with Gasteiger partial charge in [-0.05, 0) is 17.5 Å². The Hall–Kier alpha value is -1.83. The van der Waals surface area contributed by atoms with Crippen LogP contribution in [-0.4, -0.2) is 33.7 Å². The zero-order chi connectivity index (χ0) is 14.7. The Balaban J connectivity index is 2.11. The second-order valence-corrected chi connectivity index (χ2v) is 5.69. The molecule has 2 rings (SSSR count). The van der Waals surface area contributed by atoms with Gasteiger partial charge in [0.1, 0.15) is 0 Å². The van der Waals surface area contributed by atoms with Crippen molar-refractivity contribution in [3.05, 3.63) is 22.6 Å². The lowest BCUT2D eigenvalue weighted by atomic mass is 10.1. The summed E-state index contributed by atoms with van der Waals surface area (Å²) in [5.41, 5.74) is 0.970. The van der Waals surface area contributed by atoms with Crippen molar-refractivity contribution in [2.45, 2.75) is 26.3 Å². The van der Waals surface area contributed by atoms with E-state index in [-0.39, 0.29) is 5.82 Å². The summed E-state index contributed by atoms with van der Waals surface area (Å²) in [5.74, 6) is 0.520. The zero-order valence-corrected chi connectivity index (χ0v) is 12.7. The fraction of sp³-hybridized carbons (Fsp3) is 0.500. The van der Waals surface area contributed by atoms with Gasteiger partial charge in [0.05, 0.1) is 23.3 Å². The van der Waals surface area contributed by atoms with Crippen LogP contribution in [-0.2, 0) is 6.54 Å². The molecule has 2 heterocycles. The molecule has 8 heteroatoms. The maximum Gasteiger partial charge on any atom is 0.225 e. The lowest BCUT2D eigenvalue weighted by Crippen LogP contribution is -2.15. The van der Waals surface area contributed by atoms with Crippen molar-refractivity contribution < 1.29 is 4.39 Å². The van der Waals surface area contributed by atoms with Crippen molar-refractivity contribution in [1.29, 1.82) is 0 Å². The van der Waals surface area contributed by atoms with Crippen molar-refractivity contribution >= 4 is 23.3 Å². The van der Waals surface area contributed by atoms with Gasteiger partial charge in [-0.3, -0.25) is 0 Å². The van der Waals surface area contributed by atoms with Gasteiger partial charge in [0.25, 0.3) is 0 Å². The second-order valence-electron chi connectivity index (χ2n) is 4.85. The van der Waals surface area contributed by atoms with Crippen LogP contribution in [0.2, 0.25) is 0 Å². The average molecular weight is 296 g/mol. The van der Waals surface area contributed by atoms with E-state index in [1.54, 1.807) is 19.0 Å². The number of hydrogen-bond acceptors (Lipinski definition) is 7. The fourth-order valence-corrected chi connectivity index (χ4v) is 2.43. The van der Waals surface area contributed by atoms with E-state index < -0.39 is 5.82 Å². The molecule has 0 unspecified atom stereocenters. The largest absolute Gasteiger partial charge is 0.360 e. The first kappa shape index (κ1) is 14.6. The molecule has 6 nitrogen and oxygen atoms in total. The minimum atomic E-state index is -0.442. The predicted octanol–water partition coefficient (Wildman–Crippen LogP) is 2.27. The van der Waals surface area contributed by atoms with E-state index in [1.165, 1.54) is 17.7 Å². The van der Waals surface area contributed by atoms with Crippen LogP contribution in [0, 0.1) is 5.82 Å². The van der Waals surface area contributed by atoms with Gasteiger partial charge in [-0.15, -0.1) is 5.10 Å². The number of hydrogen-bond donors (Lipinski definition) is 1. The van der Waals surface area contributed by atoms with E-state index in [0.717, 1.165) is 10.6 Å². The summed E-state index contributed by atoms with van der Waals surface area (Å²) in [4.78, 5) is 10.7. The van der Waals surface area contributed by atoms with Crippen LogP contribution in [0.25, 0.3) is 0 Å². The molecule has 0 aliphatic heterocycles. The minimum Gasteiger partial charge on any atom is -0.360 e. The third-order valence-corrected chi connectivity index (χ3v) is 3.43. The molecule has 0 aliphatic carbocycles. The Morgan fingerprint density at radius 2 is 2.15 bits per heavy atom. The fourth-order valence-electron chi connectivity index (χ4n) is 1.69. The second kappa shape index (κ2) is 6.08. The maximum atomic E-state index is 13.5.